The normalized spacial score (nSPS) is 14.0. The van der Waals surface area contributed by atoms with Gasteiger partial charge in [-0.25, -0.2) is 0 Å². The lowest BCUT2D eigenvalue weighted by atomic mass is 9.95. The Labute approximate surface area is 162 Å². The summed E-state index contributed by atoms with van der Waals surface area (Å²) in [6, 6.07) is 0. The topological polar surface area (TPSA) is 35.5 Å². The molecule has 0 aromatic rings. The third-order valence-electron chi connectivity index (χ3n) is 4.95. The van der Waals surface area contributed by atoms with Gasteiger partial charge in [-0.05, 0) is 71.6 Å². The van der Waals surface area contributed by atoms with Crippen molar-refractivity contribution in [2.24, 2.45) is 11.8 Å². The van der Waals surface area contributed by atoms with E-state index >= 15 is 0 Å². The second-order valence-corrected chi connectivity index (χ2v) is 8.72. The highest BCUT2D eigenvalue weighted by Crippen LogP contribution is 2.22. The second-order valence-electron chi connectivity index (χ2n) is 8.72. The number of hydrogen-bond acceptors (Lipinski definition) is 3. The first kappa shape index (κ1) is 25.2. The van der Waals surface area contributed by atoms with Crippen LogP contribution in [0.15, 0.2) is 11.6 Å². The van der Waals surface area contributed by atoms with Crippen molar-refractivity contribution in [3.8, 4) is 0 Å². The van der Waals surface area contributed by atoms with Gasteiger partial charge in [-0.3, -0.25) is 4.79 Å². The minimum absolute atomic E-state index is 0.0476. The first-order chi connectivity index (χ1) is 12.2. The summed E-state index contributed by atoms with van der Waals surface area (Å²) in [6.07, 6.45) is 10.7. The van der Waals surface area contributed by atoms with E-state index in [1.165, 1.54) is 18.4 Å². The SMILES string of the molecule is CCC(=O)OCCC(C)CCCC(C)(C)OCCC(C)CCC=C(C)C. The van der Waals surface area contributed by atoms with E-state index in [0.29, 0.717) is 24.9 Å². The van der Waals surface area contributed by atoms with Gasteiger partial charge in [-0.2, -0.15) is 0 Å². The van der Waals surface area contributed by atoms with Crippen LogP contribution in [-0.4, -0.2) is 24.8 Å². The molecular weight excluding hydrogens is 324 g/mol. The van der Waals surface area contributed by atoms with Crippen LogP contribution in [0.25, 0.3) is 0 Å². The maximum Gasteiger partial charge on any atom is 0.305 e. The lowest BCUT2D eigenvalue weighted by molar-refractivity contribution is -0.143. The Kier molecular flexibility index (Phi) is 13.8. The van der Waals surface area contributed by atoms with Crippen molar-refractivity contribution in [1.82, 2.24) is 0 Å². The van der Waals surface area contributed by atoms with Crippen molar-refractivity contribution < 1.29 is 14.3 Å². The molecule has 0 aliphatic rings. The third kappa shape index (κ3) is 15.4. The summed E-state index contributed by atoms with van der Waals surface area (Å²) < 4.78 is 11.3. The molecule has 3 nitrogen and oxygen atoms in total. The van der Waals surface area contributed by atoms with Crippen LogP contribution in [-0.2, 0) is 14.3 Å². The lowest BCUT2D eigenvalue weighted by Crippen LogP contribution is -2.25. The van der Waals surface area contributed by atoms with Crippen molar-refractivity contribution in [1.29, 1.82) is 0 Å². The molecule has 0 saturated heterocycles. The molecule has 154 valence electrons. The zero-order valence-corrected chi connectivity index (χ0v) is 18.5. The standard InChI is InChI=1S/C23H44O3/c1-8-22(24)25-17-14-21(5)13-10-16-23(6,7)26-18-15-20(4)12-9-11-19(2)3/h11,20-21H,8-10,12-18H2,1-7H3. The van der Waals surface area contributed by atoms with E-state index in [1.54, 1.807) is 0 Å². The van der Waals surface area contributed by atoms with Gasteiger partial charge in [0.05, 0.1) is 12.2 Å². The fraction of sp³-hybridized carbons (Fsp3) is 0.870. The maximum absolute atomic E-state index is 11.1. The highest BCUT2D eigenvalue weighted by molar-refractivity contribution is 5.68. The van der Waals surface area contributed by atoms with E-state index in [0.717, 1.165) is 38.7 Å². The molecule has 0 amide bonds. The number of carbonyl (C=O) groups excluding carboxylic acids is 1. The van der Waals surface area contributed by atoms with E-state index < -0.39 is 0 Å². The van der Waals surface area contributed by atoms with Crippen LogP contribution in [0.4, 0.5) is 0 Å². The number of rotatable bonds is 15. The minimum atomic E-state index is -0.0955. The Hall–Kier alpha value is -0.830. The molecule has 0 fully saturated rings. The molecule has 3 heteroatoms. The van der Waals surface area contributed by atoms with Gasteiger partial charge >= 0.3 is 5.97 Å². The van der Waals surface area contributed by atoms with Crippen molar-refractivity contribution in [2.75, 3.05) is 13.2 Å². The molecule has 2 atom stereocenters. The van der Waals surface area contributed by atoms with Crippen LogP contribution in [0.3, 0.4) is 0 Å². The number of hydrogen-bond donors (Lipinski definition) is 0. The predicted molar refractivity (Wildman–Crippen MR) is 111 cm³/mol. The van der Waals surface area contributed by atoms with Gasteiger partial charge in [0.2, 0.25) is 0 Å². The Morgan fingerprint density at radius 2 is 1.62 bits per heavy atom. The van der Waals surface area contributed by atoms with Crippen molar-refractivity contribution in [3.63, 3.8) is 0 Å². The van der Waals surface area contributed by atoms with E-state index in [9.17, 15) is 4.79 Å². The summed E-state index contributed by atoms with van der Waals surface area (Å²) in [5, 5.41) is 0. The molecule has 2 unspecified atom stereocenters. The maximum atomic E-state index is 11.1. The summed E-state index contributed by atoms with van der Waals surface area (Å²) in [5.74, 6) is 1.21. The molecule has 0 N–H and O–H groups in total. The number of carbonyl (C=O) groups is 1. The van der Waals surface area contributed by atoms with Crippen LogP contribution in [0, 0.1) is 11.8 Å². The molecule has 0 rings (SSSR count). The second kappa shape index (κ2) is 14.3. The van der Waals surface area contributed by atoms with Gasteiger partial charge in [0.1, 0.15) is 0 Å². The first-order valence-electron chi connectivity index (χ1n) is 10.6. The predicted octanol–water partition coefficient (Wildman–Crippen LogP) is 6.70. The van der Waals surface area contributed by atoms with Crippen LogP contribution >= 0.6 is 0 Å². The average molecular weight is 369 g/mol. The summed E-state index contributed by atoms with van der Waals surface area (Å²) >= 11 is 0. The molecule has 26 heavy (non-hydrogen) atoms. The summed E-state index contributed by atoms with van der Waals surface area (Å²) in [7, 11) is 0. The highest BCUT2D eigenvalue weighted by atomic mass is 16.5. The van der Waals surface area contributed by atoms with E-state index in [1.807, 2.05) is 6.92 Å². The van der Waals surface area contributed by atoms with Crippen molar-refractivity contribution >= 4 is 5.97 Å². The molecule has 0 aromatic carbocycles. The smallest absolute Gasteiger partial charge is 0.305 e. The fourth-order valence-electron chi connectivity index (χ4n) is 2.91. The van der Waals surface area contributed by atoms with Crippen LogP contribution in [0.2, 0.25) is 0 Å². The lowest BCUT2D eigenvalue weighted by Gasteiger charge is -2.27. The molecule has 0 aliphatic carbocycles. The molecule has 0 heterocycles. The van der Waals surface area contributed by atoms with Gasteiger partial charge < -0.3 is 9.47 Å². The summed E-state index contributed by atoms with van der Waals surface area (Å²) in [6.45, 7) is 16.5. The minimum Gasteiger partial charge on any atom is -0.466 e. The van der Waals surface area contributed by atoms with Gasteiger partial charge in [0.25, 0.3) is 0 Å². The quantitative estimate of drug-likeness (QED) is 0.238. The van der Waals surface area contributed by atoms with Gasteiger partial charge in [0, 0.05) is 13.0 Å². The number of allylic oxidation sites excluding steroid dienone is 2. The molecule has 0 aromatic heterocycles. The van der Waals surface area contributed by atoms with Crippen LogP contribution in [0.1, 0.15) is 99.8 Å². The Morgan fingerprint density at radius 1 is 1.00 bits per heavy atom. The van der Waals surface area contributed by atoms with Gasteiger partial charge in [0.15, 0.2) is 0 Å². The monoisotopic (exact) mass is 368 g/mol. The van der Waals surface area contributed by atoms with Crippen LogP contribution < -0.4 is 0 Å². The fourth-order valence-corrected chi connectivity index (χ4v) is 2.91. The Morgan fingerprint density at radius 3 is 2.23 bits per heavy atom. The first-order valence-corrected chi connectivity index (χ1v) is 10.6. The van der Waals surface area contributed by atoms with Gasteiger partial charge in [-0.15, -0.1) is 0 Å². The third-order valence-corrected chi connectivity index (χ3v) is 4.95. The van der Waals surface area contributed by atoms with E-state index in [-0.39, 0.29) is 11.6 Å². The Bertz CT molecular complexity index is 394. The molecule has 0 bridgehead atoms. The molecule has 0 radical (unpaired) electrons. The molecule has 0 aliphatic heterocycles. The largest absolute Gasteiger partial charge is 0.466 e. The van der Waals surface area contributed by atoms with Crippen molar-refractivity contribution in [3.05, 3.63) is 11.6 Å². The van der Waals surface area contributed by atoms with E-state index in [4.69, 9.17) is 9.47 Å². The van der Waals surface area contributed by atoms with Crippen molar-refractivity contribution in [2.45, 2.75) is 105 Å². The summed E-state index contributed by atoms with van der Waals surface area (Å²) in [4.78, 5) is 11.1. The van der Waals surface area contributed by atoms with Crippen LogP contribution in [0.5, 0.6) is 0 Å². The zero-order valence-electron chi connectivity index (χ0n) is 18.5. The average Bonchev–Trinajstić information content (AvgIpc) is 2.53. The van der Waals surface area contributed by atoms with E-state index in [2.05, 4.69) is 47.6 Å². The summed E-state index contributed by atoms with van der Waals surface area (Å²) in [5.41, 5.74) is 1.36. The molecule has 0 spiro atoms. The molecular formula is C23H44O3. The van der Waals surface area contributed by atoms with Gasteiger partial charge in [-0.1, -0.05) is 45.3 Å². The Balaban J connectivity index is 3.80. The number of ether oxygens (including phenoxy) is 2. The highest BCUT2D eigenvalue weighted by Gasteiger charge is 2.18. The zero-order chi connectivity index (χ0) is 20.0. The number of esters is 1. The molecule has 0 saturated carbocycles.